The van der Waals surface area contributed by atoms with E-state index in [9.17, 15) is 29.0 Å². The average Bonchev–Trinajstić information content (AvgIpc) is 3.37. The number of rotatable bonds is 7. The van der Waals surface area contributed by atoms with Gasteiger partial charge >= 0.3 is 0 Å². The molecule has 1 atom stereocenters. The Hall–Kier alpha value is -3.58. The molecule has 0 saturated carbocycles. The Kier molecular flexibility index (Phi) is 7.53. The van der Waals surface area contributed by atoms with Crippen LogP contribution in [-0.2, 0) is 20.7 Å². The number of ether oxygens (including phenoxy) is 1. The Labute approximate surface area is 231 Å². The number of halogens is 1. The summed E-state index contributed by atoms with van der Waals surface area (Å²) in [5.41, 5.74) is 1.46. The number of aliphatic hydroxyl groups is 2. The number of morpholine rings is 1. The van der Waals surface area contributed by atoms with Crippen molar-refractivity contribution in [3.63, 3.8) is 0 Å². The number of aliphatic hydroxyl groups excluding tert-OH is 1. The predicted octanol–water partition coefficient (Wildman–Crippen LogP) is 1.36. The van der Waals surface area contributed by atoms with E-state index in [1.54, 1.807) is 17.9 Å². The van der Waals surface area contributed by atoms with Crippen LogP contribution in [0.1, 0.15) is 46.7 Å². The quantitative estimate of drug-likeness (QED) is 0.324. The fourth-order valence-corrected chi connectivity index (χ4v) is 5.25. The predicted molar refractivity (Wildman–Crippen MR) is 146 cm³/mol. The molecule has 4 heterocycles. The molecule has 1 fully saturated rings. The first kappa shape index (κ1) is 28.0. The second-order valence-electron chi connectivity index (χ2n) is 11.0. The first-order valence-electron chi connectivity index (χ1n) is 13.3. The second-order valence-corrected chi connectivity index (χ2v) is 11.0. The molecule has 0 radical (unpaired) electrons. The van der Waals surface area contributed by atoms with Gasteiger partial charge in [-0.15, -0.1) is 0 Å². The maximum Gasteiger partial charge on any atom is 0.256 e. The van der Waals surface area contributed by atoms with E-state index in [1.165, 1.54) is 19.9 Å². The first-order valence-corrected chi connectivity index (χ1v) is 13.3. The summed E-state index contributed by atoms with van der Waals surface area (Å²) in [7, 11) is 0. The monoisotopic (exact) mass is 555 g/mol. The number of aromatic amines is 1. The minimum absolute atomic E-state index is 0.166. The van der Waals surface area contributed by atoms with Crippen molar-refractivity contribution in [2.24, 2.45) is 0 Å². The van der Waals surface area contributed by atoms with Crippen LogP contribution in [0.2, 0.25) is 0 Å². The number of carbonyl (C=O) groups excluding carboxylic acids is 3. The van der Waals surface area contributed by atoms with E-state index in [1.807, 2.05) is 0 Å². The minimum atomic E-state index is -1.71. The molecule has 0 aliphatic carbocycles. The van der Waals surface area contributed by atoms with E-state index < -0.39 is 29.3 Å². The van der Waals surface area contributed by atoms with Gasteiger partial charge in [-0.1, -0.05) is 0 Å². The molecule has 5 N–H and O–H groups in total. The highest BCUT2D eigenvalue weighted by atomic mass is 19.1. The van der Waals surface area contributed by atoms with Crippen molar-refractivity contribution in [3.8, 4) is 0 Å². The summed E-state index contributed by atoms with van der Waals surface area (Å²) in [6.45, 7) is 8.27. The van der Waals surface area contributed by atoms with Crippen molar-refractivity contribution >= 4 is 40.7 Å². The van der Waals surface area contributed by atoms with Gasteiger partial charge in [0.1, 0.15) is 11.4 Å². The number of nitrogens with one attached hydrogen (secondary N) is 3. The van der Waals surface area contributed by atoms with Crippen molar-refractivity contribution in [1.82, 2.24) is 14.8 Å². The number of carbonyl (C=O) groups is 3. The number of benzene rings is 1. The molecule has 0 unspecified atom stereocenters. The lowest BCUT2D eigenvalue weighted by atomic mass is 10.0. The van der Waals surface area contributed by atoms with Crippen LogP contribution in [0.4, 0.5) is 15.8 Å². The van der Waals surface area contributed by atoms with Crippen molar-refractivity contribution < 1.29 is 33.7 Å². The third-order valence-electron chi connectivity index (χ3n) is 7.49. The van der Waals surface area contributed by atoms with Gasteiger partial charge < -0.3 is 35.5 Å². The van der Waals surface area contributed by atoms with Gasteiger partial charge in [0.25, 0.3) is 17.7 Å². The van der Waals surface area contributed by atoms with Crippen LogP contribution in [0.25, 0.3) is 11.6 Å². The van der Waals surface area contributed by atoms with Crippen LogP contribution in [0.5, 0.6) is 0 Å². The van der Waals surface area contributed by atoms with Gasteiger partial charge in [0, 0.05) is 56.1 Å². The fourth-order valence-electron chi connectivity index (χ4n) is 5.25. The second kappa shape index (κ2) is 10.8. The number of hydrogen-bond acceptors (Lipinski definition) is 7. The van der Waals surface area contributed by atoms with Crippen molar-refractivity contribution in [2.45, 2.75) is 38.9 Å². The minimum Gasteiger partial charge on any atom is -0.390 e. The highest BCUT2D eigenvalue weighted by Gasteiger charge is 2.33. The number of aromatic nitrogens is 1. The van der Waals surface area contributed by atoms with Crippen LogP contribution in [0.15, 0.2) is 12.1 Å². The topological polar surface area (TPSA) is 147 Å². The zero-order chi connectivity index (χ0) is 28.8. The average molecular weight is 556 g/mol. The lowest BCUT2D eigenvalue weighted by Crippen LogP contribution is -2.47. The summed E-state index contributed by atoms with van der Waals surface area (Å²) in [4.78, 5) is 45.4. The molecule has 214 valence electrons. The molecule has 1 aromatic carbocycles. The van der Waals surface area contributed by atoms with E-state index in [4.69, 9.17) is 4.74 Å². The Bertz CT molecular complexity index is 1390. The van der Waals surface area contributed by atoms with E-state index in [2.05, 4.69) is 20.5 Å². The number of nitrogens with zero attached hydrogens (tertiary/aromatic N) is 2. The molecule has 11 nitrogen and oxygen atoms in total. The molecule has 3 aliphatic rings. The molecule has 12 heteroatoms. The summed E-state index contributed by atoms with van der Waals surface area (Å²) in [6, 6.07) is 2.46. The standard InChI is InChI=1S/C28H34FN5O6/c1-15-21(11-18-17-10-19(29)23(12-22(17)31-25(18)36)32-27(38)28(2,3)39)30-20-4-5-34(26(37)24(15)20)14-16(35)13-33-6-8-40-9-7-33/h10-12,16,30,35,39H,4-9,13-14H2,1-3H3,(H,31,36)(H,32,38)/b18-11-/t16-/m1/s1. The Morgan fingerprint density at radius 2 is 1.95 bits per heavy atom. The lowest BCUT2D eigenvalue weighted by molar-refractivity contribution is -0.130. The zero-order valence-electron chi connectivity index (χ0n) is 22.8. The maximum atomic E-state index is 14.9. The number of fused-ring (bicyclic) bond motifs is 2. The molecule has 1 aromatic heterocycles. The number of β-amino-alcohol motifs (C(OH)–C–C–N with tert-alkyl or cyclic N) is 1. The number of anilines is 2. The van der Waals surface area contributed by atoms with Crippen LogP contribution >= 0.6 is 0 Å². The molecule has 40 heavy (non-hydrogen) atoms. The summed E-state index contributed by atoms with van der Waals surface area (Å²) in [6.07, 6.45) is 1.47. The summed E-state index contributed by atoms with van der Waals surface area (Å²) in [5, 5.41) is 25.5. The molecule has 1 saturated heterocycles. The molecular formula is C28H34FN5O6. The highest BCUT2D eigenvalue weighted by Crippen LogP contribution is 2.38. The molecule has 0 bridgehead atoms. The molecule has 3 amide bonds. The van der Waals surface area contributed by atoms with Crippen molar-refractivity contribution in [3.05, 3.63) is 46.0 Å². The van der Waals surface area contributed by atoms with E-state index in [-0.39, 0.29) is 23.7 Å². The molecule has 0 spiro atoms. The summed E-state index contributed by atoms with van der Waals surface area (Å²) in [5.74, 6) is -2.18. The van der Waals surface area contributed by atoms with E-state index in [0.29, 0.717) is 60.8 Å². The third-order valence-corrected chi connectivity index (χ3v) is 7.49. The maximum absolute atomic E-state index is 14.9. The Morgan fingerprint density at radius 3 is 2.65 bits per heavy atom. The molecule has 5 rings (SSSR count). The molecule has 2 aromatic rings. The first-order chi connectivity index (χ1) is 18.9. The Balaban J connectivity index is 1.35. The van der Waals surface area contributed by atoms with Gasteiger partial charge in [0.05, 0.1) is 41.8 Å². The highest BCUT2D eigenvalue weighted by molar-refractivity contribution is 6.35. The molecular weight excluding hydrogens is 521 g/mol. The van der Waals surface area contributed by atoms with Crippen molar-refractivity contribution in [2.75, 3.05) is 56.6 Å². The summed E-state index contributed by atoms with van der Waals surface area (Å²) < 4.78 is 20.2. The largest absolute Gasteiger partial charge is 0.390 e. The van der Waals surface area contributed by atoms with Gasteiger partial charge in [0.15, 0.2) is 0 Å². The Morgan fingerprint density at radius 1 is 1.23 bits per heavy atom. The lowest BCUT2D eigenvalue weighted by Gasteiger charge is -2.32. The van der Waals surface area contributed by atoms with Gasteiger partial charge in [0.2, 0.25) is 0 Å². The van der Waals surface area contributed by atoms with Gasteiger partial charge in [-0.2, -0.15) is 0 Å². The fraction of sp³-hybridized carbons (Fsp3) is 0.464. The smallest absolute Gasteiger partial charge is 0.256 e. The molecule has 3 aliphatic heterocycles. The number of H-pyrrole nitrogens is 1. The summed E-state index contributed by atoms with van der Waals surface area (Å²) >= 11 is 0. The zero-order valence-corrected chi connectivity index (χ0v) is 22.8. The van der Waals surface area contributed by atoms with Crippen molar-refractivity contribution in [1.29, 1.82) is 0 Å². The number of hydrogen-bond donors (Lipinski definition) is 5. The van der Waals surface area contributed by atoms with E-state index in [0.717, 1.165) is 24.8 Å². The van der Waals surface area contributed by atoms with Gasteiger partial charge in [-0.25, -0.2) is 4.39 Å². The van der Waals surface area contributed by atoms with Crippen LogP contribution < -0.4 is 10.6 Å². The van der Waals surface area contributed by atoms with Crippen LogP contribution in [-0.4, -0.2) is 100 Å². The van der Waals surface area contributed by atoms with E-state index >= 15 is 0 Å². The normalized spacial score (nSPS) is 19.4. The van der Waals surface area contributed by atoms with Gasteiger partial charge in [-0.3, -0.25) is 19.3 Å². The van der Waals surface area contributed by atoms with Crippen LogP contribution in [0, 0.1) is 12.7 Å². The third kappa shape index (κ3) is 5.52. The van der Waals surface area contributed by atoms with Gasteiger partial charge in [-0.05, 0) is 44.5 Å². The van der Waals surface area contributed by atoms with Crippen LogP contribution in [0.3, 0.4) is 0 Å². The number of amides is 3. The SMILES string of the molecule is Cc1c(/C=C2\C(=O)Nc3cc(NC(=O)C(C)(C)O)c(F)cc32)[nH]c2c1C(=O)N(C[C@H](O)CN1CCOCC1)CC2.